The number of nitrogens with zero attached hydrogens (tertiary/aromatic N) is 3. The Balaban J connectivity index is 1.57. The van der Waals surface area contributed by atoms with Gasteiger partial charge in [0, 0.05) is 29.9 Å². The number of aromatic nitrogens is 2. The Hall–Kier alpha value is -3.13. The summed E-state index contributed by atoms with van der Waals surface area (Å²) < 4.78 is 5.58. The number of nitrogens with one attached hydrogen (secondary N) is 1. The number of thioether (sulfide) groups is 1. The molecule has 0 aliphatic carbocycles. The molecule has 0 saturated heterocycles. The molecule has 0 aliphatic heterocycles. The minimum Gasteiger partial charge on any atom is -0.411 e. The highest BCUT2D eigenvalue weighted by atomic mass is 32.2. The van der Waals surface area contributed by atoms with Crippen LogP contribution in [-0.2, 0) is 4.79 Å². The average Bonchev–Trinajstić information content (AvgIpc) is 3.23. The van der Waals surface area contributed by atoms with Gasteiger partial charge in [-0.3, -0.25) is 9.59 Å². The van der Waals surface area contributed by atoms with Crippen LogP contribution in [0.3, 0.4) is 0 Å². The second-order valence-corrected chi connectivity index (χ2v) is 7.06. The topological polar surface area (TPSA) is 88.3 Å². The predicted octanol–water partition coefficient (Wildman–Crippen LogP) is 3.95. The molecule has 1 aromatic heterocycles. The third-order valence-electron chi connectivity index (χ3n) is 4.20. The number of carbonyl (C=O) groups is 2. The van der Waals surface area contributed by atoms with Crippen LogP contribution < -0.4 is 5.32 Å². The van der Waals surface area contributed by atoms with Gasteiger partial charge in [0.2, 0.25) is 11.8 Å². The van der Waals surface area contributed by atoms with E-state index in [-0.39, 0.29) is 17.6 Å². The van der Waals surface area contributed by atoms with Crippen molar-refractivity contribution in [2.24, 2.45) is 0 Å². The zero-order valence-electron chi connectivity index (χ0n) is 16.3. The summed E-state index contributed by atoms with van der Waals surface area (Å²) in [6.07, 6.45) is 0. The quantitative estimate of drug-likeness (QED) is 0.566. The molecule has 1 N–H and O–H groups in total. The monoisotopic (exact) mass is 410 g/mol. The van der Waals surface area contributed by atoms with E-state index in [2.05, 4.69) is 15.5 Å². The van der Waals surface area contributed by atoms with E-state index in [9.17, 15) is 9.59 Å². The number of rotatable bonds is 8. The lowest BCUT2D eigenvalue weighted by atomic mass is 10.1. The standard InChI is InChI=1S/C21H22N4O3S/c1-3-25(4-2)20(27)16-11-8-12-17(13-16)22-18(26)14-29-21-24-23-19(28-21)15-9-6-5-7-10-15/h5-13H,3-4,14H2,1-2H3,(H,22,26). The molecule has 0 unspecified atom stereocenters. The molecule has 2 aromatic carbocycles. The van der Waals surface area contributed by atoms with Crippen molar-refractivity contribution in [2.75, 3.05) is 24.2 Å². The largest absolute Gasteiger partial charge is 0.411 e. The van der Waals surface area contributed by atoms with Crippen molar-refractivity contribution in [3.05, 3.63) is 60.2 Å². The van der Waals surface area contributed by atoms with Crippen molar-refractivity contribution in [1.82, 2.24) is 15.1 Å². The van der Waals surface area contributed by atoms with Gasteiger partial charge < -0.3 is 14.6 Å². The molecule has 0 saturated carbocycles. The van der Waals surface area contributed by atoms with E-state index < -0.39 is 0 Å². The molecule has 8 heteroatoms. The molecule has 2 amide bonds. The van der Waals surface area contributed by atoms with E-state index in [0.29, 0.717) is 35.5 Å². The molecule has 0 spiro atoms. The van der Waals surface area contributed by atoms with E-state index >= 15 is 0 Å². The maximum Gasteiger partial charge on any atom is 0.277 e. The molecular formula is C21H22N4O3S. The van der Waals surface area contributed by atoms with Gasteiger partial charge in [-0.1, -0.05) is 36.0 Å². The summed E-state index contributed by atoms with van der Waals surface area (Å²) >= 11 is 1.16. The van der Waals surface area contributed by atoms with Crippen LogP contribution in [0.2, 0.25) is 0 Å². The van der Waals surface area contributed by atoms with Gasteiger partial charge in [0.05, 0.1) is 5.75 Å². The molecule has 0 aliphatic rings. The minimum absolute atomic E-state index is 0.0558. The van der Waals surface area contributed by atoms with Gasteiger partial charge >= 0.3 is 0 Å². The number of benzene rings is 2. The molecule has 0 fully saturated rings. The predicted molar refractivity (Wildman–Crippen MR) is 113 cm³/mol. The van der Waals surface area contributed by atoms with Crippen LogP contribution in [0, 0.1) is 0 Å². The van der Waals surface area contributed by atoms with Gasteiger partial charge in [-0.05, 0) is 44.2 Å². The minimum atomic E-state index is -0.220. The summed E-state index contributed by atoms with van der Waals surface area (Å²) in [6, 6.07) is 16.4. The third kappa shape index (κ3) is 5.45. The zero-order chi connectivity index (χ0) is 20.6. The fourth-order valence-corrected chi connectivity index (χ4v) is 3.28. The van der Waals surface area contributed by atoms with Crippen molar-refractivity contribution in [3.8, 4) is 11.5 Å². The fourth-order valence-electron chi connectivity index (χ4n) is 2.71. The number of carbonyl (C=O) groups excluding carboxylic acids is 2. The third-order valence-corrected chi connectivity index (χ3v) is 5.02. The van der Waals surface area contributed by atoms with Crippen molar-refractivity contribution < 1.29 is 14.0 Å². The molecule has 0 radical (unpaired) electrons. The van der Waals surface area contributed by atoms with E-state index in [1.807, 2.05) is 44.2 Å². The molecular weight excluding hydrogens is 388 g/mol. The molecule has 3 rings (SSSR count). The first-order chi connectivity index (χ1) is 14.1. The summed E-state index contributed by atoms with van der Waals surface area (Å²) in [6.45, 7) is 5.14. The van der Waals surface area contributed by atoms with Gasteiger partial charge in [-0.15, -0.1) is 10.2 Å². The summed E-state index contributed by atoms with van der Waals surface area (Å²) in [7, 11) is 0. The van der Waals surface area contributed by atoms with E-state index in [1.54, 1.807) is 29.2 Å². The molecule has 0 atom stereocenters. The van der Waals surface area contributed by atoms with Crippen molar-refractivity contribution in [3.63, 3.8) is 0 Å². The van der Waals surface area contributed by atoms with Crippen LogP contribution in [0.1, 0.15) is 24.2 Å². The van der Waals surface area contributed by atoms with Gasteiger partial charge in [0.1, 0.15) is 0 Å². The summed E-state index contributed by atoms with van der Waals surface area (Å²) in [5, 5.41) is 11.1. The van der Waals surface area contributed by atoms with E-state index in [1.165, 1.54) is 0 Å². The highest BCUT2D eigenvalue weighted by molar-refractivity contribution is 7.99. The Kier molecular flexibility index (Phi) is 7.02. The molecule has 150 valence electrons. The van der Waals surface area contributed by atoms with Crippen molar-refractivity contribution in [1.29, 1.82) is 0 Å². The first-order valence-corrected chi connectivity index (χ1v) is 10.3. The smallest absolute Gasteiger partial charge is 0.277 e. The van der Waals surface area contributed by atoms with Crippen LogP contribution in [0.15, 0.2) is 64.2 Å². The normalized spacial score (nSPS) is 10.6. The van der Waals surface area contributed by atoms with Crippen LogP contribution in [0.25, 0.3) is 11.5 Å². The first-order valence-electron chi connectivity index (χ1n) is 9.31. The van der Waals surface area contributed by atoms with E-state index in [0.717, 1.165) is 17.3 Å². The Morgan fingerprint density at radius 3 is 2.52 bits per heavy atom. The fraction of sp³-hybridized carbons (Fsp3) is 0.238. The maximum atomic E-state index is 12.5. The highest BCUT2D eigenvalue weighted by Gasteiger charge is 2.14. The lowest BCUT2D eigenvalue weighted by Gasteiger charge is -2.19. The summed E-state index contributed by atoms with van der Waals surface area (Å²) in [4.78, 5) is 26.5. The number of hydrogen-bond acceptors (Lipinski definition) is 6. The zero-order valence-corrected chi connectivity index (χ0v) is 17.1. The molecule has 1 heterocycles. The number of amides is 2. The van der Waals surface area contributed by atoms with Gasteiger partial charge in [-0.25, -0.2) is 0 Å². The Morgan fingerprint density at radius 2 is 1.79 bits per heavy atom. The van der Waals surface area contributed by atoms with E-state index in [4.69, 9.17) is 4.42 Å². The van der Waals surface area contributed by atoms with Crippen LogP contribution in [-0.4, -0.2) is 45.8 Å². The SMILES string of the molecule is CCN(CC)C(=O)c1cccc(NC(=O)CSc2nnc(-c3ccccc3)o2)c1. The molecule has 7 nitrogen and oxygen atoms in total. The summed E-state index contributed by atoms with van der Waals surface area (Å²) in [5.74, 6) is 0.253. The van der Waals surface area contributed by atoms with Gasteiger partial charge in [0.15, 0.2) is 0 Å². The van der Waals surface area contributed by atoms with Crippen LogP contribution in [0.4, 0.5) is 5.69 Å². The van der Waals surface area contributed by atoms with Crippen molar-refractivity contribution in [2.45, 2.75) is 19.1 Å². The lowest BCUT2D eigenvalue weighted by Crippen LogP contribution is -2.30. The van der Waals surface area contributed by atoms with Crippen LogP contribution in [0.5, 0.6) is 0 Å². The summed E-state index contributed by atoms with van der Waals surface area (Å²) in [5.41, 5.74) is 1.94. The number of anilines is 1. The second kappa shape index (κ2) is 9.88. The second-order valence-electron chi connectivity index (χ2n) is 6.13. The lowest BCUT2D eigenvalue weighted by molar-refractivity contribution is -0.113. The maximum absolute atomic E-state index is 12.5. The molecule has 29 heavy (non-hydrogen) atoms. The highest BCUT2D eigenvalue weighted by Crippen LogP contribution is 2.23. The van der Waals surface area contributed by atoms with Crippen LogP contribution >= 0.6 is 11.8 Å². The first kappa shape index (κ1) is 20.6. The average molecular weight is 410 g/mol. The van der Waals surface area contributed by atoms with Crippen molar-refractivity contribution >= 4 is 29.3 Å². The Morgan fingerprint density at radius 1 is 1.03 bits per heavy atom. The van der Waals surface area contributed by atoms with Gasteiger partial charge in [0.25, 0.3) is 11.1 Å². The Bertz CT molecular complexity index is 971. The Labute approximate surface area is 173 Å². The number of hydrogen-bond donors (Lipinski definition) is 1. The van der Waals surface area contributed by atoms with Gasteiger partial charge in [-0.2, -0.15) is 0 Å². The molecule has 3 aromatic rings. The molecule has 0 bridgehead atoms.